The van der Waals surface area contributed by atoms with E-state index < -0.39 is 17.6 Å². The van der Waals surface area contributed by atoms with Crippen LogP contribution in [-0.2, 0) is 9.59 Å². The van der Waals surface area contributed by atoms with Crippen molar-refractivity contribution in [3.63, 3.8) is 0 Å². The molecule has 1 N–H and O–H groups in total. The van der Waals surface area contributed by atoms with Crippen LogP contribution in [0.15, 0.2) is 66.9 Å². The minimum atomic E-state index is -0.451. The molecule has 0 aromatic heterocycles. The smallest absolute Gasteiger partial charge is 0.278 e. The molecule has 27 heavy (non-hydrogen) atoms. The summed E-state index contributed by atoms with van der Waals surface area (Å²) in [6.07, 6.45) is 1.48. The first kappa shape index (κ1) is 18.4. The van der Waals surface area contributed by atoms with Crippen LogP contribution in [0.4, 0.5) is 10.1 Å². The molecule has 5 nitrogen and oxygen atoms in total. The molecule has 0 saturated carbocycles. The van der Waals surface area contributed by atoms with Crippen LogP contribution >= 0.6 is 0 Å². The van der Waals surface area contributed by atoms with E-state index in [1.807, 2.05) is 6.92 Å². The van der Waals surface area contributed by atoms with Gasteiger partial charge in [-0.05, 0) is 48.9 Å². The molecule has 2 aromatic rings. The number of halogens is 1. The lowest BCUT2D eigenvalue weighted by atomic mass is 10.0. The maximum atomic E-state index is 13.3. The van der Waals surface area contributed by atoms with Crippen LogP contribution in [0.3, 0.4) is 0 Å². The molecular weight excluding hydrogens is 347 g/mol. The highest BCUT2D eigenvalue weighted by Crippen LogP contribution is 2.31. The van der Waals surface area contributed by atoms with Crippen LogP contribution in [-0.4, -0.2) is 29.9 Å². The summed E-state index contributed by atoms with van der Waals surface area (Å²) in [6, 6.07) is 12.5. The molecule has 6 heteroatoms. The Hall–Kier alpha value is -3.41. The summed E-state index contributed by atoms with van der Waals surface area (Å²) in [7, 11) is 0. The SMILES string of the molecule is C=CCN1C(=O)C(Nc2ccc(OCC)cc2)=C(c2ccc(F)cc2)C1=O. The molecule has 2 amide bonds. The van der Waals surface area contributed by atoms with Gasteiger partial charge in [-0.3, -0.25) is 14.5 Å². The van der Waals surface area contributed by atoms with Gasteiger partial charge in [0.25, 0.3) is 11.8 Å². The number of ether oxygens (including phenoxy) is 1. The molecule has 2 aromatic carbocycles. The summed E-state index contributed by atoms with van der Waals surface area (Å²) < 4.78 is 18.7. The summed E-state index contributed by atoms with van der Waals surface area (Å²) in [5.41, 5.74) is 1.46. The second-order valence-corrected chi connectivity index (χ2v) is 5.85. The van der Waals surface area contributed by atoms with Crippen LogP contribution in [0, 0.1) is 5.82 Å². The summed E-state index contributed by atoms with van der Waals surface area (Å²) in [5.74, 6) is -0.606. The van der Waals surface area contributed by atoms with Crippen LogP contribution in [0.5, 0.6) is 5.75 Å². The van der Waals surface area contributed by atoms with Gasteiger partial charge in [-0.15, -0.1) is 6.58 Å². The van der Waals surface area contributed by atoms with E-state index in [1.54, 1.807) is 24.3 Å². The van der Waals surface area contributed by atoms with E-state index >= 15 is 0 Å². The predicted octanol–water partition coefficient (Wildman–Crippen LogP) is 3.60. The number of nitrogens with zero attached hydrogens (tertiary/aromatic N) is 1. The summed E-state index contributed by atoms with van der Waals surface area (Å²) >= 11 is 0. The molecule has 138 valence electrons. The highest BCUT2D eigenvalue weighted by atomic mass is 19.1. The number of hydrogen-bond donors (Lipinski definition) is 1. The molecule has 0 atom stereocenters. The Labute approximate surface area is 156 Å². The van der Waals surface area contributed by atoms with E-state index in [9.17, 15) is 14.0 Å². The zero-order chi connectivity index (χ0) is 19.4. The second kappa shape index (κ2) is 7.86. The number of anilines is 1. The highest BCUT2D eigenvalue weighted by molar-refractivity contribution is 6.36. The van der Waals surface area contributed by atoms with Crippen molar-refractivity contribution < 1.29 is 18.7 Å². The molecule has 1 heterocycles. The summed E-state index contributed by atoms with van der Waals surface area (Å²) in [5, 5.41) is 3.03. The first-order valence-electron chi connectivity index (χ1n) is 8.52. The van der Waals surface area contributed by atoms with Crippen LogP contribution in [0.1, 0.15) is 12.5 Å². The number of carbonyl (C=O) groups is 2. The minimum Gasteiger partial charge on any atom is -0.494 e. The van der Waals surface area contributed by atoms with Gasteiger partial charge in [-0.25, -0.2) is 4.39 Å². The molecule has 1 aliphatic heterocycles. The molecule has 0 spiro atoms. The summed E-state index contributed by atoms with van der Waals surface area (Å²) in [6.45, 7) is 6.13. The first-order chi connectivity index (χ1) is 13.0. The van der Waals surface area contributed by atoms with Gasteiger partial charge in [0, 0.05) is 12.2 Å². The largest absolute Gasteiger partial charge is 0.494 e. The van der Waals surface area contributed by atoms with Crippen molar-refractivity contribution in [1.29, 1.82) is 0 Å². The van der Waals surface area contributed by atoms with Gasteiger partial charge in [0.05, 0.1) is 12.2 Å². The fourth-order valence-electron chi connectivity index (χ4n) is 2.82. The summed E-state index contributed by atoms with van der Waals surface area (Å²) in [4.78, 5) is 26.6. The third kappa shape index (κ3) is 3.74. The Morgan fingerprint density at radius 3 is 2.33 bits per heavy atom. The standard InChI is InChI=1S/C21H19FN2O3/c1-3-13-24-20(25)18(14-5-7-15(22)8-6-14)19(21(24)26)23-16-9-11-17(12-10-16)27-4-2/h3,5-12,23H,1,4,13H2,2H3. The maximum absolute atomic E-state index is 13.3. The number of benzene rings is 2. The van der Waals surface area contributed by atoms with E-state index in [0.29, 0.717) is 23.6 Å². The molecule has 0 unspecified atom stereocenters. The van der Waals surface area contributed by atoms with Crippen LogP contribution in [0.25, 0.3) is 5.57 Å². The van der Waals surface area contributed by atoms with Crippen molar-refractivity contribution in [3.8, 4) is 5.75 Å². The molecule has 3 rings (SSSR count). The average Bonchev–Trinajstić information content (AvgIpc) is 2.89. The van der Waals surface area contributed by atoms with E-state index in [0.717, 1.165) is 4.90 Å². The molecular formula is C21H19FN2O3. The van der Waals surface area contributed by atoms with Crippen LogP contribution in [0.2, 0.25) is 0 Å². The number of nitrogens with one attached hydrogen (secondary N) is 1. The zero-order valence-corrected chi connectivity index (χ0v) is 14.9. The number of imide groups is 1. The van der Waals surface area contributed by atoms with E-state index in [4.69, 9.17) is 4.74 Å². The second-order valence-electron chi connectivity index (χ2n) is 5.85. The Kier molecular flexibility index (Phi) is 5.35. The molecule has 0 saturated heterocycles. The van der Waals surface area contributed by atoms with Gasteiger partial charge in [0.2, 0.25) is 0 Å². The number of hydrogen-bond acceptors (Lipinski definition) is 4. The number of carbonyl (C=O) groups excluding carboxylic acids is 2. The molecule has 0 aliphatic carbocycles. The lowest BCUT2D eigenvalue weighted by Crippen LogP contribution is -2.32. The van der Waals surface area contributed by atoms with E-state index in [-0.39, 0.29) is 17.8 Å². The van der Waals surface area contributed by atoms with Gasteiger partial charge < -0.3 is 10.1 Å². The van der Waals surface area contributed by atoms with Gasteiger partial charge in [0.1, 0.15) is 17.3 Å². The molecule has 0 fully saturated rings. The Morgan fingerprint density at radius 2 is 1.74 bits per heavy atom. The molecule has 0 radical (unpaired) electrons. The molecule has 0 bridgehead atoms. The van der Waals surface area contributed by atoms with Crippen molar-refractivity contribution in [2.24, 2.45) is 0 Å². The maximum Gasteiger partial charge on any atom is 0.278 e. The van der Waals surface area contributed by atoms with E-state index in [1.165, 1.54) is 30.3 Å². The van der Waals surface area contributed by atoms with Gasteiger partial charge in [0.15, 0.2) is 0 Å². The average molecular weight is 366 g/mol. The zero-order valence-electron chi connectivity index (χ0n) is 14.9. The lowest BCUT2D eigenvalue weighted by molar-refractivity contribution is -0.136. The number of rotatable bonds is 7. The third-order valence-electron chi connectivity index (χ3n) is 4.05. The fourth-order valence-corrected chi connectivity index (χ4v) is 2.82. The van der Waals surface area contributed by atoms with Gasteiger partial charge in [-0.2, -0.15) is 0 Å². The predicted molar refractivity (Wildman–Crippen MR) is 101 cm³/mol. The normalized spacial score (nSPS) is 13.9. The minimum absolute atomic E-state index is 0.0941. The highest BCUT2D eigenvalue weighted by Gasteiger charge is 2.38. The first-order valence-corrected chi connectivity index (χ1v) is 8.52. The van der Waals surface area contributed by atoms with Crippen molar-refractivity contribution in [2.45, 2.75) is 6.92 Å². The molecule has 1 aliphatic rings. The quantitative estimate of drug-likeness (QED) is 0.601. The van der Waals surface area contributed by atoms with Crippen LogP contribution < -0.4 is 10.1 Å². The van der Waals surface area contributed by atoms with Crippen molar-refractivity contribution >= 4 is 23.1 Å². The Balaban J connectivity index is 1.99. The lowest BCUT2D eigenvalue weighted by Gasteiger charge is -2.12. The van der Waals surface area contributed by atoms with E-state index in [2.05, 4.69) is 11.9 Å². The van der Waals surface area contributed by atoms with Crippen molar-refractivity contribution in [1.82, 2.24) is 4.90 Å². The Morgan fingerprint density at radius 1 is 1.07 bits per heavy atom. The van der Waals surface area contributed by atoms with Gasteiger partial charge >= 0.3 is 0 Å². The fraction of sp³-hybridized carbons (Fsp3) is 0.143. The number of amides is 2. The monoisotopic (exact) mass is 366 g/mol. The van der Waals surface area contributed by atoms with Crippen molar-refractivity contribution in [2.75, 3.05) is 18.5 Å². The Bertz CT molecular complexity index is 902. The topological polar surface area (TPSA) is 58.6 Å². The third-order valence-corrected chi connectivity index (χ3v) is 4.05. The van der Waals surface area contributed by atoms with Gasteiger partial charge in [-0.1, -0.05) is 18.2 Å². The van der Waals surface area contributed by atoms with Crippen molar-refractivity contribution in [3.05, 3.63) is 78.3 Å².